The van der Waals surface area contributed by atoms with Crippen LogP contribution in [0.3, 0.4) is 0 Å². The molecular formula is C19H28O2. The molecule has 1 aromatic carbocycles. The average molecular weight is 288 g/mol. The van der Waals surface area contributed by atoms with Crippen LogP contribution in [-0.2, 0) is 15.9 Å². The molecule has 2 fully saturated rings. The van der Waals surface area contributed by atoms with Crippen molar-refractivity contribution in [3.63, 3.8) is 0 Å². The number of ether oxygens (including phenoxy) is 2. The molecule has 2 heteroatoms. The van der Waals surface area contributed by atoms with Crippen LogP contribution in [0, 0.1) is 5.92 Å². The van der Waals surface area contributed by atoms with E-state index in [1.807, 2.05) is 0 Å². The van der Waals surface area contributed by atoms with Gasteiger partial charge in [0, 0.05) is 5.56 Å². The Balaban J connectivity index is 1.95. The normalized spacial score (nSPS) is 27.1. The fourth-order valence-electron chi connectivity index (χ4n) is 4.24. The molecule has 0 radical (unpaired) electrons. The Morgan fingerprint density at radius 3 is 2.43 bits per heavy atom. The Morgan fingerprint density at radius 2 is 1.71 bits per heavy atom. The Kier molecular flexibility index (Phi) is 4.97. The molecule has 2 unspecified atom stereocenters. The molecule has 0 spiro atoms. The van der Waals surface area contributed by atoms with Crippen LogP contribution in [0.1, 0.15) is 74.8 Å². The van der Waals surface area contributed by atoms with E-state index in [-0.39, 0.29) is 6.29 Å². The molecule has 21 heavy (non-hydrogen) atoms. The lowest BCUT2D eigenvalue weighted by molar-refractivity contribution is -0.0447. The fourth-order valence-corrected chi connectivity index (χ4v) is 4.24. The fraction of sp³-hybridized carbons (Fsp3) is 0.684. The van der Waals surface area contributed by atoms with Crippen molar-refractivity contribution >= 4 is 0 Å². The lowest BCUT2D eigenvalue weighted by Gasteiger charge is -2.33. The summed E-state index contributed by atoms with van der Waals surface area (Å²) in [4.78, 5) is 0. The van der Waals surface area contributed by atoms with Crippen LogP contribution < -0.4 is 0 Å². The van der Waals surface area contributed by atoms with Crippen molar-refractivity contribution in [1.29, 1.82) is 0 Å². The Hall–Kier alpha value is -0.860. The SMILES string of the molecule is CCc1c(C2OCCO2)cccc1C1CCCCC1CC. The van der Waals surface area contributed by atoms with Crippen LogP contribution in [-0.4, -0.2) is 13.2 Å². The standard InChI is InChI=1S/C19H28O2/c1-3-14-8-5-6-9-16(14)17-10-7-11-18(15(17)4-2)19-20-12-13-21-19/h7,10-11,14,16,19H,3-6,8-9,12-13H2,1-2H3. The first-order valence-electron chi connectivity index (χ1n) is 8.70. The van der Waals surface area contributed by atoms with Gasteiger partial charge in [-0.3, -0.25) is 0 Å². The lowest BCUT2D eigenvalue weighted by atomic mass is 9.72. The number of rotatable bonds is 4. The minimum Gasteiger partial charge on any atom is -0.346 e. The molecular weight excluding hydrogens is 260 g/mol. The molecule has 3 rings (SSSR count). The predicted octanol–water partition coefficient (Wildman–Crippen LogP) is 4.98. The molecule has 0 amide bonds. The van der Waals surface area contributed by atoms with Gasteiger partial charge in [-0.2, -0.15) is 0 Å². The van der Waals surface area contributed by atoms with Gasteiger partial charge in [-0.05, 0) is 42.2 Å². The molecule has 1 saturated heterocycles. The summed E-state index contributed by atoms with van der Waals surface area (Å²) in [6.07, 6.45) is 7.77. The van der Waals surface area contributed by atoms with E-state index in [0.29, 0.717) is 0 Å². The number of hydrogen-bond acceptors (Lipinski definition) is 2. The Morgan fingerprint density at radius 1 is 1.00 bits per heavy atom. The molecule has 2 nitrogen and oxygen atoms in total. The molecule has 0 bridgehead atoms. The van der Waals surface area contributed by atoms with Crippen LogP contribution in [0.25, 0.3) is 0 Å². The van der Waals surface area contributed by atoms with Crippen molar-refractivity contribution < 1.29 is 9.47 Å². The molecule has 1 aliphatic heterocycles. The van der Waals surface area contributed by atoms with E-state index < -0.39 is 0 Å². The van der Waals surface area contributed by atoms with Crippen LogP contribution in [0.4, 0.5) is 0 Å². The highest BCUT2D eigenvalue weighted by Gasteiger charge is 2.29. The van der Waals surface area contributed by atoms with Crippen molar-refractivity contribution in [3.8, 4) is 0 Å². The third kappa shape index (κ3) is 3.02. The van der Waals surface area contributed by atoms with Crippen LogP contribution in [0.2, 0.25) is 0 Å². The van der Waals surface area contributed by atoms with Gasteiger partial charge < -0.3 is 9.47 Å². The van der Waals surface area contributed by atoms with E-state index >= 15 is 0 Å². The molecule has 1 aliphatic carbocycles. The summed E-state index contributed by atoms with van der Waals surface area (Å²) in [5, 5.41) is 0. The van der Waals surface area contributed by atoms with E-state index in [4.69, 9.17) is 9.47 Å². The molecule has 2 aliphatic rings. The quantitative estimate of drug-likeness (QED) is 0.778. The molecule has 1 saturated carbocycles. The minimum absolute atomic E-state index is 0.136. The molecule has 2 atom stereocenters. The van der Waals surface area contributed by atoms with Gasteiger partial charge >= 0.3 is 0 Å². The summed E-state index contributed by atoms with van der Waals surface area (Å²) < 4.78 is 11.5. The summed E-state index contributed by atoms with van der Waals surface area (Å²) in [5.74, 6) is 1.59. The van der Waals surface area contributed by atoms with Crippen LogP contribution >= 0.6 is 0 Å². The highest BCUT2D eigenvalue weighted by molar-refractivity contribution is 5.39. The van der Waals surface area contributed by atoms with Gasteiger partial charge in [-0.1, -0.05) is 51.3 Å². The third-order valence-electron chi connectivity index (χ3n) is 5.31. The van der Waals surface area contributed by atoms with Gasteiger partial charge in [0.25, 0.3) is 0 Å². The van der Waals surface area contributed by atoms with Crippen LogP contribution in [0.15, 0.2) is 18.2 Å². The first kappa shape index (κ1) is 15.1. The summed E-state index contributed by atoms with van der Waals surface area (Å²) in [5.41, 5.74) is 4.32. The van der Waals surface area contributed by atoms with E-state index in [1.165, 1.54) is 43.2 Å². The van der Waals surface area contributed by atoms with E-state index in [0.717, 1.165) is 31.5 Å². The maximum Gasteiger partial charge on any atom is 0.184 e. The number of benzene rings is 1. The summed E-state index contributed by atoms with van der Waals surface area (Å²) in [6.45, 7) is 6.06. The zero-order chi connectivity index (χ0) is 14.7. The highest BCUT2D eigenvalue weighted by atomic mass is 16.7. The van der Waals surface area contributed by atoms with Crippen molar-refractivity contribution in [1.82, 2.24) is 0 Å². The molecule has 0 N–H and O–H groups in total. The van der Waals surface area contributed by atoms with Crippen molar-refractivity contribution in [2.75, 3.05) is 13.2 Å². The first-order valence-corrected chi connectivity index (χ1v) is 8.70. The van der Waals surface area contributed by atoms with E-state index in [2.05, 4.69) is 32.0 Å². The second-order valence-electron chi connectivity index (χ2n) is 6.40. The lowest BCUT2D eigenvalue weighted by Crippen LogP contribution is -2.19. The van der Waals surface area contributed by atoms with Crippen LogP contribution in [0.5, 0.6) is 0 Å². The smallest absolute Gasteiger partial charge is 0.184 e. The summed E-state index contributed by atoms with van der Waals surface area (Å²) in [6, 6.07) is 6.76. The van der Waals surface area contributed by atoms with Crippen molar-refractivity contribution in [3.05, 3.63) is 34.9 Å². The average Bonchev–Trinajstić information content (AvgIpc) is 3.08. The van der Waals surface area contributed by atoms with Gasteiger partial charge in [0.15, 0.2) is 6.29 Å². The van der Waals surface area contributed by atoms with Gasteiger partial charge in [0.05, 0.1) is 13.2 Å². The zero-order valence-corrected chi connectivity index (χ0v) is 13.4. The van der Waals surface area contributed by atoms with E-state index in [1.54, 1.807) is 5.56 Å². The van der Waals surface area contributed by atoms with Crippen molar-refractivity contribution in [2.45, 2.75) is 64.6 Å². The second kappa shape index (κ2) is 6.93. The van der Waals surface area contributed by atoms with Gasteiger partial charge in [-0.15, -0.1) is 0 Å². The maximum atomic E-state index is 5.75. The minimum atomic E-state index is -0.136. The summed E-state index contributed by atoms with van der Waals surface area (Å²) in [7, 11) is 0. The zero-order valence-electron chi connectivity index (χ0n) is 13.4. The third-order valence-corrected chi connectivity index (χ3v) is 5.31. The Labute approximate surface area is 128 Å². The second-order valence-corrected chi connectivity index (χ2v) is 6.40. The largest absolute Gasteiger partial charge is 0.346 e. The van der Waals surface area contributed by atoms with E-state index in [9.17, 15) is 0 Å². The predicted molar refractivity (Wildman–Crippen MR) is 85.5 cm³/mol. The molecule has 116 valence electrons. The first-order chi connectivity index (χ1) is 10.3. The summed E-state index contributed by atoms with van der Waals surface area (Å²) >= 11 is 0. The monoisotopic (exact) mass is 288 g/mol. The molecule has 1 aromatic rings. The molecule has 0 aromatic heterocycles. The maximum absolute atomic E-state index is 5.75. The van der Waals surface area contributed by atoms with Gasteiger partial charge in [-0.25, -0.2) is 0 Å². The number of hydrogen-bond donors (Lipinski definition) is 0. The van der Waals surface area contributed by atoms with Crippen molar-refractivity contribution in [2.24, 2.45) is 5.92 Å². The highest BCUT2D eigenvalue weighted by Crippen LogP contribution is 2.42. The van der Waals surface area contributed by atoms with Gasteiger partial charge in [0.2, 0.25) is 0 Å². The molecule has 1 heterocycles. The van der Waals surface area contributed by atoms with Gasteiger partial charge in [0.1, 0.15) is 0 Å². The Bertz CT molecular complexity index is 463. The topological polar surface area (TPSA) is 18.5 Å².